The van der Waals surface area contributed by atoms with Crippen LogP contribution in [0.4, 0.5) is 0 Å². The largest absolute Gasteiger partial charge is 0.488 e. The number of hydrogen-bond acceptors (Lipinski definition) is 3. The molecule has 0 saturated heterocycles. The smallest absolute Gasteiger partial charge is 0.335 e. The average molecular weight is 396 g/mol. The first-order valence-corrected chi connectivity index (χ1v) is 9.80. The SMILES string of the molecule is Cc1ccc2ncn(C/C=C3/c4ccccc4COc4ccc(C(=O)O)cc43)c2c1. The minimum atomic E-state index is -0.953. The first-order chi connectivity index (χ1) is 14.6. The second-order valence-corrected chi connectivity index (χ2v) is 7.47. The highest BCUT2D eigenvalue weighted by Crippen LogP contribution is 2.37. The van der Waals surface area contributed by atoms with Gasteiger partial charge in [0.05, 0.1) is 22.9 Å². The summed E-state index contributed by atoms with van der Waals surface area (Å²) in [6.07, 6.45) is 3.97. The van der Waals surface area contributed by atoms with Gasteiger partial charge in [0.25, 0.3) is 0 Å². The number of aromatic carboxylic acids is 1. The fourth-order valence-corrected chi connectivity index (χ4v) is 3.93. The molecule has 0 unspecified atom stereocenters. The summed E-state index contributed by atoms with van der Waals surface area (Å²) in [4.78, 5) is 16.1. The molecule has 5 heteroatoms. The Kier molecular flexibility index (Phi) is 4.36. The van der Waals surface area contributed by atoms with E-state index in [9.17, 15) is 9.90 Å². The number of carbonyl (C=O) groups is 1. The van der Waals surface area contributed by atoms with Crippen LogP contribution < -0.4 is 4.74 Å². The number of aryl methyl sites for hydroxylation is 1. The molecule has 2 heterocycles. The minimum Gasteiger partial charge on any atom is -0.488 e. The van der Waals surface area contributed by atoms with Crippen LogP contribution in [0.15, 0.2) is 73.1 Å². The second-order valence-electron chi connectivity index (χ2n) is 7.47. The van der Waals surface area contributed by atoms with Gasteiger partial charge in [-0.15, -0.1) is 0 Å². The summed E-state index contributed by atoms with van der Waals surface area (Å²) in [6.45, 7) is 3.12. The summed E-state index contributed by atoms with van der Waals surface area (Å²) in [6, 6.07) is 19.3. The number of imidazole rings is 1. The van der Waals surface area contributed by atoms with Crippen LogP contribution in [0.3, 0.4) is 0 Å². The first kappa shape index (κ1) is 18.2. The van der Waals surface area contributed by atoms with Crippen LogP contribution in [-0.2, 0) is 13.2 Å². The molecular formula is C25H20N2O3. The highest BCUT2D eigenvalue weighted by Gasteiger charge is 2.20. The van der Waals surface area contributed by atoms with Crippen molar-refractivity contribution in [2.45, 2.75) is 20.1 Å². The monoisotopic (exact) mass is 396 g/mol. The van der Waals surface area contributed by atoms with E-state index in [0.717, 1.165) is 33.3 Å². The molecule has 1 aliphatic rings. The molecule has 0 bridgehead atoms. The lowest BCUT2D eigenvalue weighted by atomic mass is 9.93. The third kappa shape index (κ3) is 3.14. The maximum Gasteiger partial charge on any atom is 0.335 e. The van der Waals surface area contributed by atoms with E-state index in [-0.39, 0.29) is 5.56 Å². The molecule has 3 aromatic carbocycles. The van der Waals surface area contributed by atoms with Gasteiger partial charge in [0.1, 0.15) is 12.4 Å². The number of benzene rings is 3. The molecule has 0 radical (unpaired) electrons. The molecule has 0 fully saturated rings. The zero-order valence-electron chi connectivity index (χ0n) is 16.5. The fraction of sp³-hybridized carbons (Fsp3) is 0.120. The molecule has 148 valence electrons. The van der Waals surface area contributed by atoms with Crippen LogP contribution in [0.2, 0.25) is 0 Å². The Hall–Kier alpha value is -3.86. The molecule has 1 aliphatic heterocycles. The van der Waals surface area contributed by atoms with Crippen molar-refractivity contribution in [1.29, 1.82) is 0 Å². The van der Waals surface area contributed by atoms with Crippen molar-refractivity contribution in [2.24, 2.45) is 0 Å². The Morgan fingerprint density at radius 3 is 2.87 bits per heavy atom. The quantitative estimate of drug-likeness (QED) is 0.525. The molecule has 0 amide bonds. The van der Waals surface area contributed by atoms with Gasteiger partial charge < -0.3 is 14.4 Å². The Labute approximate surface area is 173 Å². The maximum atomic E-state index is 11.6. The van der Waals surface area contributed by atoms with Crippen molar-refractivity contribution in [2.75, 3.05) is 0 Å². The maximum absolute atomic E-state index is 11.6. The van der Waals surface area contributed by atoms with Gasteiger partial charge in [0.2, 0.25) is 0 Å². The van der Waals surface area contributed by atoms with Crippen LogP contribution in [0.5, 0.6) is 5.75 Å². The molecule has 0 aliphatic carbocycles. The Morgan fingerprint density at radius 2 is 2.00 bits per heavy atom. The Balaban J connectivity index is 1.66. The lowest BCUT2D eigenvalue weighted by molar-refractivity contribution is 0.0697. The topological polar surface area (TPSA) is 64.4 Å². The number of ether oxygens (including phenoxy) is 1. The molecule has 0 atom stereocenters. The average Bonchev–Trinajstić information content (AvgIpc) is 3.07. The molecule has 5 nitrogen and oxygen atoms in total. The van der Waals surface area contributed by atoms with Gasteiger partial charge in [0.15, 0.2) is 0 Å². The summed E-state index contributed by atoms with van der Waals surface area (Å²) in [5, 5.41) is 9.49. The van der Waals surface area contributed by atoms with E-state index in [2.05, 4.69) is 40.7 Å². The summed E-state index contributed by atoms with van der Waals surface area (Å²) in [5.41, 5.74) is 7.34. The number of aromatic nitrogens is 2. The van der Waals surface area contributed by atoms with Crippen molar-refractivity contribution in [3.8, 4) is 5.75 Å². The molecule has 30 heavy (non-hydrogen) atoms. The summed E-state index contributed by atoms with van der Waals surface area (Å²) in [5.74, 6) is -0.264. The predicted octanol–water partition coefficient (Wildman–Crippen LogP) is 5.07. The van der Waals surface area contributed by atoms with Crippen LogP contribution in [0.1, 0.15) is 32.6 Å². The zero-order chi connectivity index (χ0) is 20.7. The van der Waals surface area contributed by atoms with Gasteiger partial charge >= 0.3 is 5.97 Å². The van der Waals surface area contributed by atoms with Gasteiger partial charge in [-0.25, -0.2) is 9.78 Å². The fourth-order valence-electron chi connectivity index (χ4n) is 3.93. The van der Waals surface area contributed by atoms with Gasteiger partial charge in [-0.05, 0) is 59.5 Å². The van der Waals surface area contributed by atoms with E-state index >= 15 is 0 Å². The second kappa shape index (κ2) is 7.19. The molecular weight excluding hydrogens is 376 g/mol. The molecule has 1 N–H and O–H groups in total. The van der Waals surface area contributed by atoms with E-state index in [0.29, 0.717) is 18.9 Å². The first-order valence-electron chi connectivity index (χ1n) is 9.80. The molecule has 1 aromatic heterocycles. The number of fused-ring (bicyclic) bond motifs is 3. The highest BCUT2D eigenvalue weighted by molar-refractivity contribution is 5.92. The van der Waals surface area contributed by atoms with Crippen molar-refractivity contribution in [3.63, 3.8) is 0 Å². The third-order valence-corrected chi connectivity index (χ3v) is 5.48. The summed E-state index contributed by atoms with van der Waals surface area (Å²) >= 11 is 0. The summed E-state index contributed by atoms with van der Waals surface area (Å²) in [7, 11) is 0. The van der Waals surface area contributed by atoms with E-state index in [1.165, 1.54) is 5.56 Å². The number of allylic oxidation sites excluding steroid dienone is 1. The lowest BCUT2D eigenvalue weighted by Crippen LogP contribution is -2.00. The zero-order valence-corrected chi connectivity index (χ0v) is 16.5. The number of rotatable bonds is 3. The van der Waals surface area contributed by atoms with E-state index < -0.39 is 5.97 Å². The highest BCUT2D eigenvalue weighted by atomic mass is 16.5. The van der Waals surface area contributed by atoms with Gasteiger partial charge in [-0.3, -0.25) is 0 Å². The third-order valence-electron chi connectivity index (χ3n) is 5.48. The summed E-state index contributed by atoms with van der Waals surface area (Å²) < 4.78 is 8.11. The normalized spacial score (nSPS) is 14.1. The number of carboxylic acids is 1. The van der Waals surface area contributed by atoms with Crippen LogP contribution in [0.25, 0.3) is 16.6 Å². The lowest BCUT2D eigenvalue weighted by Gasteiger charge is -2.12. The molecule has 4 aromatic rings. The molecule has 0 saturated carbocycles. The van der Waals surface area contributed by atoms with Crippen LogP contribution in [-0.4, -0.2) is 20.6 Å². The van der Waals surface area contributed by atoms with E-state index in [1.807, 2.05) is 30.6 Å². The van der Waals surface area contributed by atoms with Crippen molar-refractivity contribution < 1.29 is 14.6 Å². The van der Waals surface area contributed by atoms with Gasteiger partial charge in [0, 0.05) is 12.1 Å². The Morgan fingerprint density at radius 1 is 1.13 bits per heavy atom. The predicted molar refractivity (Wildman–Crippen MR) is 116 cm³/mol. The van der Waals surface area contributed by atoms with Crippen LogP contribution >= 0.6 is 0 Å². The van der Waals surface area contributed by atoms with Crippen molar-refractivity contribution >= 4 is 22.6 Å². The number of hydrogen-bond donors (Lipinski definition) is 1. The molecule has 0 spiro atoms. The number of nitrogens with zero attached hydrogens (tertiary/aromatic N) is 2. The molecule has 5 rings (SSSR count). The van der Waals surface area contributed by atoms with E-state index in [4.69, 9.17) is 4.74 Å². The van der Waals surface area contributed by atoms with Crippen molar-refractivity contribution in [3.05, 3.63) is 101 Å². The Bertz CT molecular complexity index is 1320. The van der Waals surface area contributed by atoms with Gasteiger partial charge in [-0.1, -0.05) is 36.4 Å². The standard InChI is InChI=1S/C25H20N2O3/c1-16-6-8-22-23(12-16)27(15-26-22)11-10-20-19-5-3-2-4-18(19)14-30-24-9-7-17(25(28)29)13-21(20)24/h2-10,12-13,15H,11,14H2,1H3,(H,28,29)/b20-10-. The van der Waals surface area contributed by atoms with Crippen molar-refractivity contribution in [1.82, 2.24) is 9.55 Å². The van der Waals surface area contributed by atoms with Crippen LogP contribution in [0, 0.1) is 6.92 Å². The van der Waals surface area contributed by atoms with Gasteiger partial charge in [-0.2, -0.15) is 0 Å². The minimum absolute atomic E-state index is 0.242. The number of carboxylic acid groups (broad SMARTS) is 1. The van der Waals surface area contributed by atoms with E-state index in [1.54, 1.807) is 18.2 Å².